The number of aliphatic carboxylic acids is 1. The second-order valence-corrected chi connectivity index (χ2v) is 7.10. The molecule has 0 saturated carbocycles. The van der Waals surface area contributed by atoms with Gasteiger partial charge in [-0.3, -0.25) is 14.3 Å². The quantitative estimate of drug-likeness (QED) is 0.274. The minimum atomic E-state index is -4.42. The molecule has 2 amide bonds. The summed E-state index contributed by atoms with van der Waals surface area (Å²) in [6.07, 6.45) is -4.66. The van der Waals surface area contributed by atoms with Crippen molar-refractivity contribution in [2.45, 2.75) is 30.7 Å². The molecule has 13 heteroatoms. The van der Waals surface area contributed by atoms with Gasteiger partial charge in [-0.05, 0) is 6.08 Å². The molecule has 0 aromatic rings. The topological polar surface area (TPSA) is 192 Å². The van der Waals surface area contributed by atoms with Gasteiger partial charge in [-0.25, -0.2) is 4.79 Å². The van der Waals surface area contributed by atoms with Gasteiger partial charge >= 0.3 is 19.6 Å². The first kappa shape index (κ1) is 18.8. The molecule has 12 nitrogen and oxygen atoms in total. The number of carboxylic acids is 1. The van der Waals surface area contributed by atoms with E-state index in [2.05, 4.69) is 9.84 Å². The van der Waals surface area contributed by atoms with Crippen LogP contribution in [0.25, 0.3) is 0 Å². The summed E-state index contributed by atoms with van der Waals surface area (Å²) in [5.74, 6) is -1.53. The lowest BCUT2D eigenvalue weighted by molar-refractivity contribution is -0.134. The third-order valence-electron chi connectivity index (χ3n) is 3.37. The molecule has 0 spiro atoms. The highest BCUT2D eigenvalue weighted by Gasteiger charge is 2.47. The number of rotatable bonds is 6. The number of carboxylic acid groups (broad SMARTS) is 1. The maximum Gasteiger partial charge on any atom is 0.339 e. The minimum absolute atomic E-state index is 0.644. The number of nitrogens with one attached hydrogen (secondary N) is 1. The van der Waals surface area contributed by atoms with Gasteiger partial charge in [-0.15, -0.1) is 0 Å². The van der Waals surface area contributed by atoms with Crippen LogP contribution in [0.2, 0.25) is 0 Å². The zero-order chi connectivity index (χ0) is 18.1. The van der Waals surface area contributed by atoms with Crippen LogP contribution in [0.3, 0.4) is 0 Å². The second-order valence-electron chi connectivity index (χ2n) is 5.26. The van der Waals surface area contributed by atoms with E-state index in [0.29, 0.717) is 0 Å². The lowest BCUT2D eigenvalue weighted by Crippen LogP contribution is -2.55. The zero-order valence-corrected chi connectivity index (χ0v) is 13.2. The van der Waals surface area contributed by atoms with E-state index in [1.165, 1.54) is 12.3 Å². The Labute approximate surface area is 136 Å². The Morgan fingerprint density at radius 3 is 2.71 bits per heavy atom. The van der Waals surface area contributed by atoms with E-state index in [9.17, 15) is 29.3 Å². The molecule has 2 aliphatic heterocycles. The minimum Gasteiger partial charge on any atom is -0.481 e. The van der Waals surface area contributed by atoms with Gasteiger partial charge in [-0.2, -0.15) is 0 Å². The molecule has 24 heavy (non-hydrogen) atoms. The molecule has 0 aromatic heterocycles. The average molecular weight is 367 g/mol. The van der Waals surface area contributed by atoms with Gasteiger partial charge in [0.15, 0.2) is 6.23 Å². The Morgan fingerprint density at radius 2 is 2.12 bits per heavy atom. The number of aliphatic hydroxyl groups excluding tert-OH is 2. The number of hydrogen-bond donors (Lipinski definition) is 6. The molecule has 0 bridgehead atoms. The first-order valence-electron chi connectivity index (χ1n) is 6.83. The van der Waals surface area contributed by atoms with Crippen LogP contribution in [-0.2, 0) is 18.6 Å². The van der Waals surface area contributed by atoms with Crippen molar-refractivity contribution >= 4 is 19.6 Å². The Hall–Kier alpha value is -1.53. The third-order valence-corrected chi connectivity index (χ3v) is 4.59. The summed E-state index contributed by atoms with van der Waals surface area (Å²) in [6, 6.07) is -0.665. The monoisotopic (exact) mass is 367 g/mol. The van der Waals surface area contributed by atoms with Crippen LogP contribution in [0.1, 0.15) is 0 Å². The van der Waals surface area contributed by atoms with Gasteiger partial charge in [0.25, 0.3) is 0 Å². The third kappa shape index (κ3) is 4.30. The Bertz CT molecular complexity index is 585. The first-order chi connectivity index (χ1) is 11.1. The number of aliphatic hydroxyl groups is 2. The van der Waals surface area contributed by atoms with Crippen molar-refractivity contribution in [2.24, 2.45) is 5.73 Å². The maximum absolute atomic E-state index is 11.8. The fraction of sp³-hybridized carbons (Fsp3) is 0.636. The van der Waals surface area contributed by atoms with Crippen LogP contribution < -0.4 is 11.1 Å². The first-order valence-corrected chi connectivity index (χ1v) is 8.59. The van der Waals surface area contributed by atoms with Crippen molar-refractivity contribution in [3.8, 4) is 0 Å². The van der Waals surface area contributed by atoms with Crippen molar-refractivity contribution in [3.05, 3.63) is 12.3 Å². The summed E-state index contributed by atoms with van der Waals surface area (Å²) in [5.41, 5.74) is 5.49. The van der Waals surface area contributed by atoms with Gasteiger partial charge in [0.1, 0.15) is 24.5 Å². The SMILES string of the molecule is NC1C=CN([C@@H]2O[C@H](COP(=O)(O)CC(=O)O)[C@@H](O)[C@H]2O)C(=O)N1. The number of nitrogens with zero attached hydrogens (tertiary/aromatic N) is 1. The van der Waals surface area contributed by atoms with Crippen LogP contribution >= 0.6 is 7.60 Å². The van der Waals surface area contributed by atoms with Gasteiger partial charge in [-0.1, -0.05) is 0 Å². The van der Waals surface area contributed by atoms with Crippen molar-refractivity contribution in [3.63, 3.8) is 0 Å². The predicted molar refractivity (Wildman–Crippen MR) is 76.4 cm³/mol. The zero-order valence-electron chi connectivity index (χ0n) is 12.3. The van der Waals surface area contributed by atoms with Crippen LogP contribution in [0.4, 0.5) is 4.79 Å². The van der Waals surface area contributed by atoms with E-state index in [4.69, 9.17) is 15.6 Å². The lowest BCUT2D eigenvalue weighted by atomic mass is 10.1. The number of carbonyl (C=O) groups is 2. The largest absolute Gasteiger partial charge is 0.481 e. The summed E-state index contributed by atoms with van der Waals surface area (Å²) in [4.78, 5) is 32.6. The molecule has 0 radical (unpaired) electrons. The number of urea groups is 1. The van der Waals surface area contributed by atoms with Crippen LogP contribution in [0, 0.1) is 0 Å². The highest BCUT2D eigenvalue weighted by molar-refractivity contribution is 7.53. The molecule has 2 unspecified atom stereocenters. The van der Waals surface area contributed by atoms with E-state index in [0.717, 1.165) is 4.90 Å². The normalized spacial score (nSPS) is 35.6. The molecular weight excluding hydrogens is 349 g/mol. The summed E-state index contributed by atoms with van der Waals surface area (Å²) < 4.78 is 21.4. The summed E-state index contributed by atoms with van der Waals surface area (Å²) in [7, 11) is -4.42. The van der Waals surface area contributed by atoms with E-state index in [1.54, 1.807) is 0 Å². The van der Waals surface area contributed by atoms with E-state index < -0.39 is 63.1 Å². The van der Waals surface area contributed by atoms with Crippen molar-refractivity contribution in [1.82, 2.24) is 10.2 Å². The van der Waals surface area contributed by atoms with Crippen LogP contribution in [0.15, 0.2) is 12.3 Å². The Balaban J connectivity index is 2.00. The van der Waals surface area contributed by atoms with Crippen LogP contribution in [0.5, 0.6) is 0 Å². The Morgan fingerprint density at radius 1 is 1.46 bits per heavy atom. The summed E-state index contributed by atoms with van der Waals surface area (Å²) >= 11 is 0. The molecule has 2 rings (SSSR count). The highest BCUT2D eigenvalue weighted by atomic mass is 31.2. The Kier molecular flexibility index (Phi) is 5.60. The van der Waals surface area contributed by atoms with E-state index in [1.807, 2.05) is 0 Å². The van der Waals surface area contributed by atoms with E-state index in [-0.39, 0.29) is 0 Å². The van der Waals surface area contributed by atoms with Gasteiger partial charge in [0.05, 0.1) is 12.8 Å². The molecule has 0 aliphatic carbocycles. The number of ether oxygens (including phenoxy) is 1. The van der Waals surface area contributed by atoms with Crippen molar-refractivity contribution in [1.29, 1.82) is 0 Å². The molecule has 7 N–H and O–H groups in total. The summed E-state index contributed by atoms with van der Waals surface area (Å²) in [5, 5.41) is 30.8. The number of carbonyl (C=O) groups excluding carboxylic acids is 1. The maximum atomic E-state index is 11.8. The lowest BCUT2D eigenvalue weighted by Gasteiger charge is -2.31. The fourth-order valence-electron chi connectivity index (χ4n) is 2.22. The highest BCUT2D eigenvalue weighted by Crippen LogP contribution is 2.42. The molecule has 1 fully saturated rings. The number of nitrogens with two attached hydrogens (primary N) is 1. The van der Waals surface area contributed by atoms with Gasteiger partial charge in [0.2, 0.25) is 0 Å². The van der Waals surface area contributed by atoms with Crippen LogP contribution in [-0.4, -0.2) is 80.6 Å². The number of amides is 2. The van der Waals surface area contributed by atoms with Crippen molar-refractivity contribution < 1.29 is 43.6 Å². The van der Waals surface area contributed by atoms with Gasteiger partial charge in [0, 0.05) is 6.20 Å². The molecule has 136 valence electrons. The molecule has 1 saturated heterocycles. The molecule has 2 aliphatic rings. The van der Waals surface area contributed by atoms with E-state index >= 15 is 0 Å². The fourth-order valence-corrected chi connectivity index (χ4v) is 3.03. The smallest absolute Gasteiger partial charge is 0.339 e. The summed E-state index contributed by atoms with van der Waals surface area (Å²) in [6.45, 7) is -0.644. The average Bonchev–Trinajstić information content (AvgIpc) is 2.72. The molecule has 6 atom stereocenters. The molecule has 0 aromatic carbocycles. The second kappa shape index (κ2) is 7.15. The number of hydrogen-bond acceptors (Lipinski definition) is 8. The molecular formula is C11H18N3O9P. The molecule has 2 heterocycles. The van der Waals surface area contributed by atoms with Crippen molar-refractivity contribution in [2.75, 3.05) is 12.8 Å². The predicted octanol–water partition coefficient (Wildman–Crippen LogP) is -2.46. The van der Waals surface area contributed by atoms with Gasteiger partial charge < -0.3 is 40.5 Å². The standard InChI is InChI=1S/C11H18N3O9P/c12-6-1-2-14(11(19)13-6)10-9(18)8(17)5(23-10)3-22-24(20,21)4-7(15)16/h1-2,5-6,8-10,17-18H,3-4,12H2,(H,13,19)(H,15,16)(H,20,21)/t5-,6?,8-,9-,10-/m1/s1.